The fourth-order valence-corrected chi connectivity index (χ4v) is 7.50. The quantitative estimate of drug-likeness (QED) is 0.707. The molecule has 31 heavy (non-hydrogen) atoms. The summed E-state index contributed by atoms with van der Waals surface area (Å²) in [6.07, 6.45) is 20.2. The maximum absolute atomic E-state index is 14.1. The number of hydrogen-bond donors (Lipinski definition) is 1. The molecule has 3 heterocycles. The lowest BCUT2D eigenvalue weighted by Gasteiger charge is -2.44. The molecule has 6 heteroatoms. The van der Waals surface area contributed by atoms with Crippen LogP contribution in [0.2, 0.25) is 0 Å². The van der Waals surface area contributed by atoms with Crippen LogP contribution in [0.5, 0.6) is 0 Å². The molecule has 1 N–H and O–H groups in total. The highest BCUT2D eigenvalue weighted by Gasteiger charge is 2.62. The van der Waals surface area contributed by atoms with Gasteiger partial charge in [0.2, 0.25) is 10.0 Å². The number of sulfonamides is 1. The Morgan fingerprint density at radius 1 is 0.935 bits per heavy atom. The summed E-state index contributed by atoms with van der Waals surface area (Å²) in [6.45, 7) is 10.6. The van der Waals surface area contributed by atoms with Crippen molar-refractivity contribution in [1.29, 1.82) is 0 Å². The summed E-state index contributed by atoms with van der Waals surface area (Å²) in [5, 5.41) is 7.73. The Labute approximate surface area is 185 Å². The monoisotopic (exact) mass is 437 g/mol. The third-order valence-electron chi connectivity index (χ3n) is 7.00. The summed E-state index contributed by atoms with van der Waals surface area (Å²) in [4.78, 5) is 0.294. The van der Waals surface area contributed by atoms with Crippen LogP contribution in [0, 0.1) is 18.8 Å². The van der Waals surface area contributed by atoms with Gasteiger partial charge in [-0.3, -0.25) is 5.10 Å². The lowest BCUT2D eigenvalue weighted by atomic mass is 9.75. The molecular weight excluding hydrogens is 406 g/mol. The highest BCUT2D eigenvalue weighted by atomic mass is 32.2. The molecule has 0 spiro atoms. The first-order valence-corrected chi connectivity index (χ1v) is 12.3. The number of aryl methyl sites for hydroxylation is 1. The van der Waals surface area contributed by atoms with Crippen LogP contribution in [0.15, 0.2) is 71.7 Å². The van der Waals surface area contributed by atoms with Crippen LogP contribution in [0.3, 0.4) is 0 Å². The molecule has 4 atom stereocenters. The minimum atomic E-state index is -3.75. The molecule has 2 bridgehead atoms. The number of H-pyrrole nitrogens is 1. The minimum absolute atomic E-state index is 0.161. The van der Waals surface area contributed by atoms with E-state index in [2.05, 4.69) is 37.9 Å². The zero-order chi connectivity index (χ0) is 22.4. The van der Waals surface area contributed by atoms with Gasteiger partial charge in [0.1, 0.15) is 0 Å². The number of rotatable bonds is 2. The first kappa shape index (κ1) is 21.8. The second-order valence-corrected chi connectivity index (χ2v) is 11.1. The number of allylic oxidation sites excluding steroid dienone is 11. The first-order valence-electron chi connectivity index (χ1n) is 10.8. The smallest absolute Gasteiger partial charge is 0.243 e. The Bertz CT molecular complexity index is 1150. The fraction of sp³-hybridized carbons (Fsp3) is 0.400. The van der Waals surface area contributed by atoms with E-state index in [-0.39, 0.29) is 23.9 Å². The number of nitrogens with zero attached hydrogens (tertiary/aromatic N) is 2. The molecule has 1 aliphatic carbocycles. The summed E-state index contributed by atoms with van der Waals surface area (Å²) in [7, 11) is -3.75. The summed E-state index contributed by atoms with van der Waals surface area (Å²) in [5.41, 5.74) is 2.61. The first-order chi connectivity index (χ1) is 14.7. The number of aromatic nitrogens is 2. The molecule has 5 nitrogen and oxygen atoms in total. The number of hydrogen-bond acceptors (Lipinski definition) is 3. The second-order valence-electron chi connectivity index (χ2n) is 9.24. The van der Waals surface area contributed by atoms with Crippen molar-refractivity contribution >= 4 is 10.0 Å². The van der Waals surface area contributed by atoms with E-state index in [0.29, 0.717) is 4.91 Å². The van der Waals surface area contributed by atoms with Crippen molar-refractivity contribution in [3.8, 4) is 0 Å². The second kappa shape index (κ2) is 7.92. The van der Waals surface area contributed by atoms with Crippen molar-refractivity contribution in [2.45, 2.75) is 52.1 Å². The lowest BCUT2D eigenvalue weighted by Crippen LogP contribution is -2.53. The summed E-state index contributed by atoms with van der Waals surface area (Å²) in [6, 6.07) is -0.379. The van der Waals surface area contributed by atoms with Gasteiger partial charge in [-0.25, -0.2) is 8.42 Å². The molecule has 1 aromatic heterocycles. The van der Waals surface area contributed by atoms with E-state index >= 15 is 0 Å². The normalized spacial score (nSPS) is 30.0. The van der Waals surface area contributed by atoms with Gasteiger partial charge in [0.05, 0.1) is 16.6 Å². The largest absolute Gasteiger partial charge is 0.282 e. The molecule has 164 valence electrons. The van der Waals surface area contributed by atoms with E-state index in [0.717, 1.165) is 17.0 Å². The van der Waals surface area contributed by atoms with Crippen LogP contribution in [-0.2, 0) is 15.4 Å². The van der Waals surface area contributed by atoms with E-state index in [1.54, 1.807) is 28.6 Å². The highest BCUT2D eigenvalue weighted by Crippen LogP contribution is 2.58. The molecular formula is C25H31N3O2S. The maximum Gasteiger partial charge on any atom is 0.243 e. The summed E-state index contributed by atoms with van der Waals surface area (Å²) < 4.78 is 30.0. The predicted molar refractivity (Wildman–Crippen MR) is 126 cm³/mol. The Hall–Kier alpha value is -2.44. The van der Waals surface area contributed by atoms with Gasteiger partial charge in [0.15, 0.2) is 0 Å². The van der Waals surface area contributed by atoms with Gasteiger partial charge in [0, 0.05) is 22.7 Å². The van der Waals surface area contributed by atoms with Crippen LogP contribution >= 0.6 is 0 Å². The van der Waals surface area contributed by atoms with Gasteiger partial charge in [-0.2, -0.15) is 9.40 Å². The molecule has 0 amide bonds. The van der Waals surface area contributed by atoms with Crippen molar-refractivity contribution in [3.63, 3.8) is 0 Å². The molecule has 2 aliphatic heterocycles. The SMILES string of the molecule is Cc1[nH]nc2c1C1C(C)C(C)C(N1S(=O)(=O)C1=CC=CC=CC=CC=CC=C1)C2(C)C. The van der Waals surface area contributed by atoms with Crippen molar-refractivity contribution in [1.82, 2.24) is 14.5 Å². The maximum atomic E-state index is 14.1. The Morgan fingerprint density at radius 2 is 1.52 bits per heavy atom. The van der Waals surface area contributed by atoms with Crippen molar-refractivity contribution < 1.29 is 8.42 Å². The summed E-state index contributed by atoms with van der Waals surface area (Å²) >= 11 is 0. The van der Waals surface area contributed by atoms with E-state index < -0.39 is 15.4 Å². The Morgan fingerprint density at radius 3 is 2.16 bits per heavy atom. The van der Waals surface area contributed by atoms with Gasteiger partial charge >= 0.3 is 0 Å². The predicted octanol–water partition coefficient (Wildman–Crippen LogP) is 5.02. The minimum Gasteiger partial charge on any atom is -0.282 e. The van der Waals surface area contributed by atoms with E-state index in [4.69, 9.17) is 0 Å². The average molecular weight is 438 g/mol. The van der Waals surface area contributed by atoms with E-state index in [1.807, 2.05) is 49.5 Å². The fourth-order valence-electron chi connectivity index (χ4n) is 5.41. The average Bonchev–Trinajstić information content (AvgIpc) is 3.19. The van der Waals surface area contributed by atoms with Crippen LogP contribution in [0.4, 0.5) is 0 Å². The number of aromatic amines is 1. The Balaban J connectivity index is 1.87. The molecule has 0 aromatic carbocycles. The van der Waals surface area contributed by atoms with Gasteiger partial charge in [-0.1, -0.05) is 82.4 Å². The Kier molecular flexibility index (Phi) is 5.56. The molecule has 4 unspecified atom stereocenters. The van der Waals surface area contributed by atoms with Gasteiger partial charge < -0.3 is 0 Å². The molecule has 0 saturated carbocycles. The molecule has 1 aromatic rings. The van der Waals surface area contributed by atoms with Gasteiger partial charge in [-0.15, -0.1) is 0 Å². The van der Waals surface area contributed by atoms with Crippen LogP contribution in [0.25, 0.3) is 0 Å². The van der Waals surface area contributed by atoms with Gasteiger partial charge in [0.25, 0.3) is 0 Å². The number of nitrogens with one attached hydrogen (secondary N) is 1. The van der Waals surface area contributed by atoms with Crippen molar-refractivity contribution in [2.24, 2.45) is 11.8 Å². The molecule has 1 saturated heterocycles. The number of fused-ring (bicyclic) bond motifs is 4. The molecule has 4 rings (SSSR count). The topological polar surface area (TPSA) is 66.1 Å². The highest BCUT2D eigenvalue weighted by molar-refractivity contribution is 7.93. The molecule has 1 fully saturated rings. The third-order valence-corrected chi connectivity index (χ3v) is 8.88. The van der Waals surface area contributed by atoms with Gasteiger partial charge in [-0.05, 0) is 30.9 Å². The summed E-state index contributed by atoms with van der Waals surface area (Å²) in [5.74, 6) is 0.402. The van der Waals surface area contributed by atoms with Crippen LogP contribution in [-0.4, -0.2) is 29.0 Å². The zero-order valence-electron chi connectivity index (χ0n) is 18.8. The van der Waals surface area contributed by atoms with Crippen LogP contribution in [0.1, 0.15) is 50.7 Å². The molecule has 0 radical (unpaired) electrons. The standard InChI is InChI=1S/C25H31N3O2S/c1-17-18(2)24-25(4,5)23-21(19(3)26-27-23)22(17)28(24)31(29,30)20-15-13-11-9-7-6-8-10-12-14-16-20/h6-18,22,24H,1-5H3,(H,26,27). The van der Waals surface area contributed by atoms with E-state index in [9.17, 15) is 8.42 Å². The zero-order valence-corrected chi connectivity index (χ0v) is 19.6. The third kappa shape index (κ3) is 3.42. The van der Waals surface area contributed by atoms with Crippen LogP contribution < -0.4 is 0 Å². The molecule has 3 aliphatic rings. The van der Waals surface area contributed by atoms with Crippen molar-refractivity contribution in [2.75, 3.05) is 0 Å². The van der Waals surface area contributed by atoms with E-state index in [1.165, 1.54) is 0 Å². The lowest BCUT2D eigenvalue weighted by molar-refractivity contribution is 0.190. The van der Waals surface area contributed by atoms with Crippen molar-refractivity contribution in [3.05, 3.63) is 88.7 Å².